The fourth-order valence-electron chi connectivity index (χ4n) is 3.32. The van der Waals surface area contributed by atoms with E-state index in [2.05, 4.69) is 28.3 Å². The van der Waals surface area contributed by atoms with Gasteiger partial charge >= 0.3 is 12.1 Å². The summed E-state index contributed by atoms with van der Waals surface area (Å²) in [5.41, 5.74) is 9.75. The summed E-state index contributed by atoms with van der Waals surface area (Å²) in [5.74, 6) is -3.06. The summed E-state index contributed by atoms with van der Waals surface area (Å²) >= 11 is 4.36. The largest absolute Gasteiger partial charge is 0.478 e. The van der Waals surface area contributed by atoms with Crippen molar-refractivity contribution in [2.24, 2.45) is 16.5 Å². The van der Waals surface area contributed by atoms with Crippen LogP contribution in [0.2, 0.25) is 6.32 Å². The first-order chi connectivity index (χ1) is 17.0. The Kier molecular flexibility index (Phi) is 12.0. The quantitative estimate of drug-likeness (QED) is 0.0431. The molecule has 1 unspecified atom stereocenters. The lowest BCUT2D eigenvalue weighted by atomic mass is 9.92. The number of hydrogen-bond acceptors (Lipinski definition) is 10. The SMILES string of the molecule is [B]CCC(C)(S)OCC(C)(C)OC(=O)NC[C@@H](O)[C@@H](O)[C@@H]1OC(C(=O)O)=C[C@H](N=C(N)N)[C@H]1NC(C)=O. The number of nitrogens with zero attached hydrogens (tertiary/aromatic N) is 1. The zero-order valence-electron chi connectivity index (χ0n) is 21.2. The molecular weight excluding hydrogens is 509 g/mol. The molecule has 208 valence electrons. The average molecular weight is 545 g/mol. The number of carboxylic acid groups (broad SMARTS) is 1. The summed E-state index contributed by atoms with van der Waals surface area (Å²) in [7, 11) is 5.52. The molecule has 2 radical (unpaired) electrons. The van der Waals surface area contributed by atoms with Crippen LogP contribution in [0.5, 0.6) is 0 Å². The Morgan fingerprint density at radius 3 is 2.43 bits per heavy atom. The lowest BCUT2D eigenvalue weighted by molar-refractivity contribution is -0.144. The molecule has 1 rings (SSSR count). The van der Waals surface area contributed by atoms with Crippen LogP contribution >= 0.6 is 12.6 Å². The summed E-state index contributed by atoms with van der Waals surface area (Å²) in [5, 5.41) is 35.4. The van der Waals surface area contributed by atoms with Crippen molar-refractivity contribution >= 4 is 44.4 Å². The molecule has 0 saturated heterocycles. The smallest absolute Gasteiger partial charge is 0.407 e. The lowest BCUT2D eigenvalue weighted by Crippen LogP contribution is -2.60. The van der Waals surface area contributed by atoms with E-state index in [0.29, 0.717) is 12.7 Å². The molecule has 37 heavy (non-hydrogen) atoms. The maximum atomic E-state index is 12.3. The molecule has 0 bridgehead atoms. The zero-order valence-corrected chi connectivity index (χ0v) is 22.1. The number of nitrogens with two attached hydrogens (primary N) is 2. The number of thiol groups is 1. The van der Waals surface area contributed by atoms with Crippen molar-refractivity contribution in [1.82, 2.24) is 10.6 Å². The zero-order chi connectivity index (χ0) is 28.6. The Hall–Kier alpha value is -2.69. The van der Waals surface area contributed by atoms with Crippen LogP contribution < -0.4 is 22.1 Å². The van der Waals surface area contributed by atoms with Crippen molar-refractivity contribution in [3.05, 3.63) is 11.8 Å². The Labute approximate surface area is 222 Å². The molecule has 6 atom stereocenters. The molecule has 0 aliphatic carbocycles. The number of rotatable bonds is 13. The third-order valence-electron chi connectivity index (χ3n) is 5.08. The van der Waals surface area contributed by atoms with E-state index in [1.165, 1.54) is 6.92 Å². The van der Waals surface area contributed by atoms with Gasteiger partial charge in [-0.1, -0.05) is 6.32 Å². The normalized spacial score (nSPS) is 22.8. The summed E-state index contributed by atoms with van der Waals surface area (Å²) in [6, 6.07) is -2.28. The summed E-state index contributed by atoms with van der Waals surface area (Å²) in [4.78, 5) is 38.6. The van der Waals surface area contributed by atoms with Crippen molar-refractivity contribution in [3.8, 4) is 0 Å². The number of hydrogen-bond donors (Lipinski definition) is 8. The molecule has 16 heteroatoms. The summed E-state index contributed by atoms with van der Waals surface area (Å²) in [6.07, 6.45) is -4.02. The van der Waals surface area contributed by atoms with Crippen molar-refractivity contribution in [1.29, 1.82) is 0 Å². The van der Waals surface area contributed by atoms with Crippen LogP contribution in [0.25, 0.3) is 0 Å². The van der Waals surface area contributed by atoms with Crippen molar-refractivity contribution in [3.63, 3.8) is 0 Å². The van der Waals surface area contributed by atoms with Crippen molar-refractivity contribution < 1.29 is 43.9 Å². The number of ether oxygens (including phenoxy) is 3. The number of carbonyl (C=O) groups is 3. The van der Waals surface area contributed by atoms with Gasteiger partial charge in [-0.25, -0.2) is 14.6 Å². The highest BCUT2D eigenvalue weighted by Crippen LogP contribution is 2.26. The van der Waals surface area contributed by atoms with Gasteiger partial charge in [0.1, 0.15) is 28.8 Å². The molecule has 0 aromatic heterocycles. The van der Waals surface area contributed by atoms with Gasteiger partial charge in [-0.15, -0.1) is 12.6 Å². The fourth-order valence-corrected chi connectivity index (χ4v) is 3.52. The Morgan fingerprint density at radius 1 is 1.30 bits per heavy atom. The number of amides is 2. The Balaban J connectivity index is 2.89. The van der Waals surface area contributed by atoms with E-state index in [-0.39, 0.29) is 6.61 Å². The molecule has 1 heterocycles. The van der Waals surface area contributed by atoms with Crippen molar-refractivity contribution in [2.45, 2.75) is 81.4 Å². The second-order valence-electron chi connectivity index (χ2n) is 9.28. The lowest BCUT2D eigenvalue weighted by Gasteiger charge is -2.38. The number of aliphatic hydroxyl groups excluding tert-OH is 2. The number of guanidine groups is 1. The van der Waals surface area contributed by atoms with Gasteiger partial charge in [0, 0.05) is 13.5 Å². The van der Waals surface area contributed by atoms with Crippen LogP contribution in [-0.4, -0.2) is 101 Å². The van der Waals surface area contributed by atoms with E-state index in [1.807, 2.05) is 0 Å². The number of alkyl carbamates (subject to hydrolysis) is 1. The highest BCUT2D eigenvalue weighted by molar-refractivity contribution is 7.81. The molecule has 0 spiro atoms. The van der Waals surface area contributed by atoms with Crippen LogP contribution in [0.3, 0.4) is 0 Å². The van der Waals surface area contributed by atoms with E-state index in [4.69, 9.17) is 33.5 Å². The van der Waals surface area contributed by atoms with Crippen LogP contribution in [-0.2, 0) is 23.8 Å². The molecular formula is C21H36BN5O9S. The molecule has 1 aliphatic rings. The molecule has 0 aromatic carbocycles. The molecule has 0 saturated carbocycles. The molecule has 0 fully saturated rings. The molecule has 14 nitrogen and oxygen atoms in total. The standard InChI is InChI=1S/C21H36BN5O9S/c1-10(28)26-14-11(27-18(23)24)7-13(17(31)32)35-16(14)15(30)12(29)8-25-19(33)36-20(2,3)9-34-21(4,37)5-6-22/h7,11-12,14-16,29-30,37H,5-6,8-9H2,1-4H3,(H,25,33)(H,26,28)(H,31,32)(H4,23,24,27)/t11-,12+,14+,15+,16+,21?/m0/s1. The third-order valence-corrected chi connectivity index (χ3v) is 5.43. The summed E-state index contributed by atoms with van der Waals surface area (Å²) < 4.78 is 16.3. The number of aliphatic imine (C=N–C) groups is 1. The predicted molar refractivity (Wildman–Crippen MR) is 137 cm³/mol. The topological polar surface area (TPSA) is 228 Å². The van der Waals surface area contributed by atoms with E-state index < -0.39 is 77.2 Å². The molecule has 1 aliphatic heterocycles. The van der Waals surface area contributed by atoms with Crippen LogP contribution in [0.15, 0.2) is 16.8 Å². The minimum Gasteiger partial charge on any atom is -0.478 e. The number of carbonyl (C=O) groups excluding carboxylic acids is 2. The van der Waals surface area contributed by atoms with Crippen LogP contribution in [0, 0.1) is 0 Å². The van der Waals surface area contributed by atoms with Gasteiger partial charge in [0.15, 0.2) is 5.96 Å². The third kappa shape index (κ3) is 11.1. The first kappa shape index (κ1) is 32.3. The maximum Gasteiger partial charge on any atom is 0.407 e. The van der Waals surface area contributed by atoms with Crippen molar-refractivity contribution in [2.75, 3.05) is 13.2 Å². The van der Waals surface area contributed by atoms with Gasteiger partial charge in [0.2, 0.25) is 11.7 Å². The van der Waals surface area contributed by atoms with E-state index in [1.54, 1.807) is 20.8 Å². The van der Waals surface area contributed by atoms with E-state index in [9.17, 15) is 29.7 Å². The van der Waals surface area contributed by atoms with Gasteiger partial charge in [-0.05, 0) is 33.3 Å². The molecule has 0 aromatic rings. The van der Waals surface area contributed by atoms with Gasteiger partial charge in [-0.3, -0.25) is 4.79 Å². The number of aliphatic hydroxyl groups is 2. The summed E-state index contributed by atoms with van der Waals surface area (Å²) in [6.45, 7) is 5.58. The van der Waals surface area contributed by atoms with Gasteiger partial charge in [0.25, 0.3) is 0 Å². The minimum atomic E-state index is -1.80. The minimum absolute atomic E-state index is 0.00358. The number of aliphatic carboxylic acids is 1. The van der Waals surface area contributed by atoms with Gasteiger partial charge < -0.3 is 51.6 Å². The van der Waals surface area contributed by atoms with E-state index in [0.717, 1.165) is 6.08 Å². The fraction of sp³-hybridized carbons (Fsp3) is 0.714. The van der Waals surface area contributed by atoms with Gasteiger partial charge in [-0.2, -0.15) is 0 Å². The average Bonchev–Trinajstić information content (AvgIpc) is 2.75. The number of nitrogens with one attached hydrogen (secondary N) is 2. The van der Waals surface area contributed by atoms with Gasteiger partial charge in [0.05, 0.1) is 26.5 Å². The first-order valence-electron chi connectivity index (χ1n) is 11.3. The van der Waals surface area contributed by atoms with Crippen LogP contribution in [0.1, 0.15) is 34.1 Å². The number of carboxylic acids is 1. The predicted octanol–water partition coefficient (Wildman–Crippen LogP) is -1.63. The first-order valence-corrected chi connectivity index (χ1v) is 11.8. The molecule has 9 N–H and O–H groups in total. The Bertz CT molecular complexity index is 882. The second-order valence-corrected chi connectivity index (χ2v) is 10.2. The maximum absolute atomic E-state index is 12.3. The highest BCUT2D eigenvalue weighted by atomic mass is 32.1. The van der Waals surface area contributed by atoms with E-state index >= 15 is 0 Å². The Morgan fingerprint density at radius 2 is 1.92 bits per heavy atom. The second kappa shape index (κ2) is 13.7. The molecule has 2 amide bonds. The highest BCUT2D eigenvalue weighted by Gasteiger charge is 2.44. The van der Waals surface area contributed by atoms with Crippen LogP contribution in [0.4, 0.5) is 4.79 Å². The monoisotopic (exact) mass is 545 g/mol.